The van der Waals surface area contributed by atoms with Crippen LogP contribution in [0, 0.1) is 11.3 Å². The third-order valence-electron chi connectivity index (χ3n) is 4.47. The van der Waals surface area contributed by atoms with Crippen LogP contribution in [0.3, 0.4) is 0 Å². The molecule has 1 heterocycles. The highest BCUT2D eigenvalue weighted by Crippen LogP contribution is 2.48. The zero-order valence-corrected chi connectivity index (χ0v) is 10.4. The molecule has 0 radical (unpaired) electrons. The maximum absolute atomic E-state index is 6.10. The first-order valence-corrected chi connectivity index (χ1v) is 6.33. The third kappa shape index (κ3) is 2.21. The van der Waals surface area contributed by atoms with Gasteiger partial charge in [0.15, 0.2) is 0 Å². The highest BCUT2D eigenvalue weighted by Gasteiger charge is 2.46. The van der Waals surface area contributed by atoms with Crippen LogP contribution in [0.5, 0.6) is 0 Å². The van der Waals surface area contributed by atoms with Crippen LogP contribution in [0.4, 0.5) is 0 Å². The molecule has 2 rings (SSSR count). The fourth-order valence-corrected chi connectivity index (χ4v) is 3.45. The van der Waals surface area contributed by atoms with Gasteiger partial charge in [-0.1, -0.05) is 20.8 Å². The van der Waals surface area contributed by atoms with Gasteiger partial charge in [-0.25, -0.2) is 0 Å². The van der Waals surface area contributed by atoms with E-state index in [1.54, 1.807) is 0 Å². The second-order valence-electron chi connectivity index (χ2n) is 6.44. The Kier molecular flexibility index (Phi) is 2.85. The van der Waals surface area contributed by atoms with Gasteiger partial charge >= 0.3 is 0 Å². The minimum atomic E-state index is 0.118. The van der Waals surface area contributed by atoms with Crippen molar-refractivity contribution in [2.45, 2.75) is 64.5 Å². The smallest absolute Gasteiger partial charge is 0.0723 e. The Morgan fingerprint density at radius 1 is 1.20 bits per heavy atom. The zero-order chi connectivity index (χ0) is 11.1. The van der Waals surface area contributed by atoms with Crippen LogP contribution < -0.4 is 5.73 Å². The number of hydrogen-bond acceptors (Lipinski definition) is 2. The zero-order valence-electron chi connectivity index (χ0n) is 10.4. The summed E-state index contributed by atoms with van der Waals surface area (Å²) in [5, 5.41) is 0. The fraction of sp³-hybridized carbons (Fsp3) is 1.00. The summed E-state index contributed by atoms with van der Waals surface area (Å²) < 4.78 is 6.10. The number of hydrogen-bond donors (Lipinski definition) is 1. The van der Waals surface area contributed by atoms with Crippen LogP contribution in [0.1, 0.15) is 52.9 Å². The van der Waals surface area contributed by atoms with Gasteiger partial charge in [0.25, 0.3) is 0 Å². The van der Waals surface area contributed by atoms with E-state index in [2.05, 4.69) is 20.8 Å². The quantitative estimate of drug-likeness (QED) is 0.668. The van der Waals surface area contributed by atoms with Crippen LogP contribution in [0.25, 0.3) is 0 Å². The van der Waals surface area contributed by atoms with Crippen molar-refractivity contribution in [2.24, 2.45) is 17.1 Å². The van der Waals surface area contributed by atoms with E-state index in [4.69, 9.17) is 10.5 Å². The highest BCUT2D eigenvalue weighted by atomic mass is 16.5. The molecular weight excluding hydrogens is 186 g/mol. The summed E-state index contributed by atoms with van der Waals surface area (Å²) in [6.07, 6.45) is 5.88. The summed E-state index contributed by atoms with van der Waals surface area (Å²) in [5.74, 6) is 0.660. The van der Waals surface area contributed by atoms with Gasteiger partial charge in [-0.05, 0) is 43.4 Å². The Morgan fingerprint density at radius 3 is 2.53 bits per heavy atom. The van der Waals surface area contributed by atoms with Crippen molar-refractivity contribution >= 4 is 0 Å². The van der Waals surface area contributed by atoms with Crippen LogP contribution in [-0.2, 0) is 4.74 Å². The van der Waals surface area contributed by atoms with Gasteiger partial charge in [0.2, 0.25) is 0 Å². The standard InChI is InChI=1S/C13H25NO/c1-10-8-12(2,3)5-6-13(10)9-11(14)4-7-15-13/h10-11H,4-9,14H2,1-3H3. The lowest BCUT2D eigenvalue weighted by Crippen LogP contribution is -2.52. The molecule has 1 saturated carbocycles. The fourth-order valence-electron chi connectivity index (χ4n) is 3.45. The van der Waals surface area contributed by atoms with E-state index in [-0.39, 0.29) is 5.60 Å². The molecule has 2 aliphatic rings. The number of nitrogens with two attached hydrogens (primary N) is 1. The molecule has 0 bridgehead atoms. The van der Waals surface area contributed by atoms with Crippen molar-refractivity contribution in [3.63, 3.8) is 0 Å². The van der Waals surface area contributed by atoms with Gasteiger partial charge < -0.3 is 10.5 Å². The van der Waals surface area contributed by atoms with Gasteiger partial charge in [-0.3, -0.25) is 0 Å². The highest BCUT2D eigenvalue weighted by molar-refractivity contribution is 4.98. The van der Waals surface area contributed by atoms with Crippen molar-refractivity contribution in [3.8, 4) is 0 Å². The minimum absolute atomic E-state index is 0.118. The minimum Gasteiger partial charge on any atom is -0.375 e. The normalized spacial score (nSPS) is 45.6. The average molecular weight is 211 g/mol. The second kappa shape index (κ2) is 3.74. The van der Waals surface area contributed by atoms with E-state index < -0.39 is 0 Å². The molecule has 2 heteroatoms. The number of rotatable bonds is 0. The molecule has 1 aliphatic heterocycles. The lowest BCUT2D eigenvalue weighted by molar-refractivity contribution is -0.151. The Morgan fingerprint density at radius 2 is 1.93 bits per heavy atom. The summed E-state index contributed by atoms with van der Waals surface area (Å²) in [6.45, 7) is 7.96. The average Bonchev–Trinajstić information content (AvgIpc) is 2.12. The van der Waals surface area contributed by atoms with Gasteiger partial charge in [0.1, 0.15) is 0 Å². The predicted molar refractivity (Wildman–Crippen MR) is 62.7 cm³/mol. The first kappa shape index (κ1) is 11.4. The summed E-state index contributed by atoms with van der Waals surface area (Å²) >= 11 is 0. The van der Waals surface area contributed by atoms with E-state index in [1.807, 2.05) is 0 Å². The van der Waals surface area contributed by atoms with Crippen LogP contribution in [0.15, 0.2) is 0 Å². The van der Waals surface area contributed by atoms with Crippen LogP contribution in [0.2, 0.25) is 0 Å². The van der Waals surface area contributed by atoms with E-state index in [9.17, 15) is 0 Å². The molecule has 2 nitrogen and oxygen atoms in total. The predicted octanol–water partition coefficient (Wildman–Crippen LogP) is 2.71. The molecule has 3 unspecified atom stereocenters. The Bertz CT molecular complexity index is 239. The molecule has 1 saturated heterocycles. The molecule has 3 atom stereocenters. The summed E-state index contributed by atoms with van der Waals surface area (Å²) in [7, 11) is 0. The molecular formula is C13H25NO. The Balaban J connectivity index is 2.09. The molecule has 88 valence electrons. The van der Waals surface area contributed by atoms with Crippen LogP contribution in [-0.4, -0.2) is 18.2 Å². The van der Waals surface area contributed by atoms with E-state index in [1.165, 1.54) is 19.3 Å². The van der Waals surface area contributed by atoms with Gasteiger partial charge in [-0.2, -0.15) is 0 Å². The van der Waals surface area contributed by atoms with E-state index >= 15 is 0 Å². The first-order valence-electron chi connectivity index (χ1n) is 6.33. The maximum atomic E-state index is 6.10. The van der Waals surface area contributed by atoms with Crippen molar-refractivity contribution in [2.75, 3.05) is 6.61 Å². The topological polar surface area (TPSA) is 35.2 Å². The molecule has 1 aliphatic carbocycles. The van der Waals surface area contributed by atoms with Gasteiger partial charge in [-0.15, -0.1) is 0 Å². The van der Waals surface area contributed by atoms with E-state index in [0.717, 1.165) is 19.4 Å². The summed E-state index contributed by atoms with van der Waals surface area (Å²) in [5.41, 5.74) is 6.70. The molecule has 1 spiro atoms. The van der Waals surface area contributed by atoms with E-state index in [0.29, 0.717) is 17.4 Å². The molecule has 2 fully saturated rings. The molecule has 15 heavy (non-hydrogen) atoms. The van der Waals surface area contributed by atoms with Crippen molar-refractivity contribution in [3.05, 3.63) is 0 Å². The summed E-state index contributed by atoms with van der Waals surface area (Å²) in [6, 6.07) is 0.363. The monoisotopic (exact) mass is 211 g/mol. The van der Waals surface area contributed by atoms with Crippen LogP contribution >= 0.6 is 0 Å². The number of ether oxygens (including phenoxy) is 1. The molecule has 0 amide bonds. The molecule has 0 aromatic heterocycles. The molecule has 2 N–H and O–H groups in total. The Hall–Kier alpha value is -0.0800. The Labute approximate surface area is 93.6 Å². The molecule has 0 aromatic rings. The second-order valence-corrected chi connectivity index (χ2v) is 6.44. The SMILES string of the molecule is CC1CC(C)(C)CCC12CC(N)CCO2. The van der Waals surface area contributed by atoms with Crippen molar-refractivity contribution in [1.29, 1.82) is 0 Å². The van der Waals surface area contributed by atoms with Crippen molar-refractivity contribution < 1.29 is 4.74 Å². The first-order chi connectivity index (χ1) is 6.94. The lowest BCUT2D eigenvalue weighted by Gasteiger charge is -2.51. The summed E-state index contributed by atoms with van der Waals surface area (Å²) in [4.78, 5) is 0. The third-order valence-corrected chi connectivity index (χ3v) is 4.47. The van der Waals surface area contributed by atoms with Gasteiger partial charge in [0, 0.05) is 12.6 Å². The molecule has 0 aromatic carbocycles. The maximum Gasteiger partial charge on any atom is 0.0723 e. The lowest BCUT2D eigenvalue weighted by atomic mass is 9.63. The largest absolute Gasteiger partial charge is 0.375 e. The van der Waals surface area contributed by atoms with Crippen molar-refractivity contribution in [1.82, 2.24) is 0 Å². The van der Waals surface area contributed by atoms with Gasteiger partial charge in [0.05, 0.1) is 5.60 Å².